The average Bonchev–Trinajstić information content (AvgIpc) is 2.82. The monoisotopic (exact) mass is 567 g/mol. The van der Waals surface area contributed by atoms with Crippen LogP contribution in [0.3, 0.4) is 0 Å². The number of carbonyl (C=O) groups excluding carboxylic acids is 1. The number of carboxylic acid groups (broad SMARTS) is 1. The van der Waals surface area contributed by atoms with Crippen LogP contribution in [0.2, 0.25) is 10.0 Å². The highest BCUT2D eigenvalue weighted by Gasteiger charge is 2.52. The second kappa shape index (κ2) is 11.7. The lowest BCUT2D eigenvalue weighted by Crippen LogP contribution is -2.56. The van der Waals surface area contributed by atoms with Crippen LogP contribution in [0.4, 0.5) is 0 Å². The highest BCUT2D eigenvalue weighted by molar-refractivity contribution is 7.91. The van der Waals surface area contributed by atoms with Crippen molar-refractivity contribution >= 4 is 44.9 Å². The van der Waals surface area contributed by atoms with Gasteiger partial charge in [-0.15, -0.1) is 0 Å². The van der Waals surface area contributed by atoms with Crippen LogP contribution in [0.25, 0.3) is 0 Å². The van der Waals surface area contributed by atoms with Crippen LogP contribution in [0.1, 0.15) is 76.5 Å². The van der Waals surface area contributed by atoms with E-state index in [-0.39, 0.29) is 30.4 Å². The molecule has 9 heteroatoms. The van der Waals surface area contributed by atoms with E-state index in [2.05, 4.69) is 0 Å². The number of carboxylic acids is 1. The first-order valence-corrected chi connectivity index (χ1v) is 15.0. The Morgan fingerprint density at radius 3 is 2.30 bits per heavy atom. The van der Waals surface area contributed by atoms with Gasteiger partial charge in [0.05, 0.1) is 28.9 Å². The highest BCUT2D eigenvalue weighted by atomic mass is 35.5. The second-order valence-corrected chi connectivity index (χ2v) is 14.0. The Balaban J connectivity index is 2.20. The molecule has 1 fully saturated rings. The minimum Gasteiger partial charge on any atom is -0.481 e. The van der Waals surface area contributed by atoms with Gasteiger partial charge in [0, 0.05) is 22.0 Å². The van der Waals surface area contributed by atoms with Gasteiger partial charge in [0.1, 0.15) is 0 Å². The lowest BCUT2D eigenvalue weighted by molar-refractivity contribution is -0.160. The van der Waals surface area contributed by atoms with Gasteiger partial charge in [-0.1, -0.05) is 61.3 Å². The van der Waals surface area contributed by atoms with Gasteiger partial charge in [-0.2, -0.15) is 0 Å². The molecule has 2 aromatic carbocycles. The van der Waals surface area contributed by atoms with Crippen LogP contribution >= 0.6 is 23.2 Å². The molecule has 1 N–H and O–H groups in total. The summed E-state index contributed by atoms with van der Waals surface area (Å²) in [5, 5.41) is 10.3. The van der Waals surface area contributed by atoms with Crippen LogP contribution in [-0.2, 0) is 19.4 Å². The van der Waals surface area contributed by atoms with Crippen molar-refractivity contribution < 1.29 is 23.1 Å². The SMILES string of the molecule is CC[C@@H](CCS(=O)(=O)C(C)C)N1C(=O)[C@@](C)(CC(=O)O)C[C@H](c2cccc(Cl)c2)[C@H]1c1ccc(Cl)cc1. The van der Waals surface area contributed by atoms with Gasteiger partial charge in [0.15, 0.2) is 9.84 Å². The molecule has 1 heterocycles. The lowest BCUT2D eigenvalue weighted by Gasteiger charge is -2.52. The molecule has 4 atom stereocenters. The zero-order valence-corrected chi connectivity index (χ0v) is 24.0. The fourth-order valence-electron chi connectivity index (χ4n) is 5.36. The summed E-state index contributed by atoms with van der Waals surface area (Å²) < 4.78 is 25.4. The number of rotatable bonds is 10. The summed E-state index contributed by atoms with van der Waals surface area (Å²) in [6.45, 7) is 6.93. The Labute approximate surface area is 229 Å². The van der Waals surface area contributed by atoms with Crippen molar-refractivity contribution in [2.24, 2.45) is 5.41 Å². The molecule has 202 valence electrons. The lowest BCUT2D eigenvalue weighted by atomic mass is 9.67. The molecular formula is C28H35Cl2NO5S. The molecule has 6 nitrogen and oxygen atoms in total. The summed E-state index contributed by atoms with van der Waals surface area (Å²) in [5.41, 5.74) is 0.572. The third-order valence-corrected chi connectivity index (χ3v) is 10.2. The fraction of sp³-hybridized carbons (Fsp3) is 0.500. The molecule has 3 rings (SSSR count). The predicted molar refractivity (Wildman–Crippen MR) is 148 cm³/mol. The number of piperidine rings is 1. The summed E-state index contributed by atoms with van der Waals surface area (Å²) in [6, 6.07) is 13.9. The molecule has 0 aromatic heterocycles. The summed E-state index contributed by atoms with van der Waals surface area (Å²) >= 11 is 12.5. The molecule has 2 aromatic rings. The Hall–Kier alpha value is -2.09. The number of benzene rings is 2. The molecule has 1 aliphatic rings. The number of aliphatic carboxylic acids is 1. The molecule has 0 unspecified atom stereocenters. The van der Waals surface area contributed by atoms with Gasteiger partial charge in [-0.25, -0.2) is 8.42 Å². The maximum Gasteiger partial charge on any atom is 0.304 e. The number of carbonyl (C=O) groups is 2. The number of halogens is 2. The third-order valence-electron chi connectivity index (χ3n) is 7.45. The smallest absolute Gasteiger partial charge is 0.304 e. The van der Waals surface area contributed by atoms with E-state index in [1.165, 1.54) is 0 Å². The Kier molecular flexibility index (Phi) is 9.36. The van der Waals surface area contributed by atoms with Crippen LogP contribution in [0.5, 0.6) is 0 Å². The first-order chi connectivity index (χ1) is 17.3. The Morgan fingerprint density at radius 2 is 1.76 bits per heavy atom. The van der Waals surface area contributed by atoms with Crippen LogP contribution in [0, 0.1) is 5.41 Å². The Bertz CT molecular complexity index is 1230. The van der Waals surface area contributed by atoms with Crippen molar-refractivity contribution in [2.75, 3.05) is 5.75 Å². The van der Waals surface area contributed by atoms with Crippen LogP contribution in [-0.4, -0.2) is 47.3 Å². The van der Waals surface area contributed by atoms with Crippen LogP contribution in [0.15, 0.2) is 48.5 Å². The van der Waals surface area contributed by atoms with Crippen LogP contribution < -0.4 is 0 Å². The summed E-state index contributed by atoms with van der Waals surface area (Å²) in [7, 11) is -3.33. The van der Waals surface area contributed by atoms with E-state index in [9.17, 15) is 23.1 Å². The van der Waals surface area contributed by atoms with Crippen molar-refractivity contribution in [3.63, 3.8) is 0 Å². The molecule has 0 aliphatic carbocycles. The maximum absolute atomic E-state index is 14.2. The van der Waals surface area contributed by atoms with Crippen molar-refractivity contribution in [3.8, 4) is 0 Å². The fourth-order valence-corrected chi connectivity index (χ4v) is 6.75. The molecular weight excluding hydrogens is 533 g/mol. The minimum atomic E-state index is -3.33. The number of sulfone groups is 1. The maximum atomic E-state index is 14.2. The average molecular weight is 569 g/mol. The topological polar surface area (TPSA) is 91.8 Å². The summed E-state index contributed by atoms with van der Waals surface area (Å²) in [4.78, 5) is 27.9. The van der Waals surface area contributed by atoms with Crippen molar-refractivity contribution in [1.29, 1.82) is 0 Å². The van der Waals surface area contributed by atoms with E-state index in [0.717, 1.165) is 11.1 Å². The molecule has 1 amide bonds. The van der Waals surface area contributed by atoms with E-state index in [4.69, 9.17) is 23.2 Å². The zero-order chi connectivity index (χ0) is 27.5. The Morgan fingerprint density at radius 1 is 1.11 bits per heavy atom. The van der Waals surface area contributed by atoms with Gasteiger partial charge in [-0.3, -0.25) is 9.59 Å². The second-order valence-electron chi connectivity index (χ2n) is 10.5. The number of amides is 1. The van der Waals surface area contributed by atoms with Crippen molar-refractivity contribution in [1.82, 2.24) is 4.90 Å². The largest absolute Gasteiger partial charge is 0.481 e. The van der Waals surface area contributed by atoms with Gasteiger partial charge in [0.25, 0.3) is 0 Å². The molecule has 0 radical (unpaired) electrons. The zero-order valence-electron chi connectivity index (χ0n) is 21.7. The quantitative estimate of drug-likeness (QED) is 0.352. The van der Waals surface area contributed by atoms with Gasteiger partial charge in [0.2, 0.25) is 5.91 Å². The predicted octanol–water partition coefficient (Wildman–Crippen LogP) is 6.52. The molecule has 1 saturated heterocycles. The van der Waals surface area contributed by atoms with E-state index in [1.807, 2.05) is 37.3 Å². The molecule has 37 heavy (non-hydrogen) atoms. The molecule has 0 spiro atoms. The number of likely N-dealkylation sites (tertiary alicyclic amines) is 1. The summed E-state index contributed by atoms with van der Waals surface area (Å²) in [6.07, 6.45) is 0.767. The van der Waals surface area contributed by atoms with E-state index >= 15 is 0 Å². The third kappa shape index (κ3) is 6.68. The molecule has 0 saturated carbocycles. The highest BCUT2D eigenvalue weighted by Crippen LogP contribution is 2.52. The van der Waals surface area contributed by atoms with Gasteiger partial charge in [-0.05, 0) is 68.5 Å². The standard InChI is InChI=1S/C28H35Cl2NO5S/c1-5-23(13-14-37(35,36)18(2)3)31-26(19-9-11-21(29)12-10-19)24(20-7-6-8-22(30)15-20)16-28(4,27(31)34)17-25(32)33/h6-12,15,18,23-24,26H,5,13-14,16-17H2,1-4H3,(H,32,33)/t23-,24+,26+,28+/m0/s1. The summed E-state index contributed by atoms with van der Waals surface area (Å²) in [5.74, 6) is -1.65. The van der Waals surface area contributed by atoms with E-state index < -0.39 is 38.6 Å². The van der Waals surface area contributed by atoms with E-state index in [0.29, 0.717) is 22.9 Å². The molecule has 1 aliphatic heterocycles. The van der Waals surface area contributed by atoms with E-state index in [1.54, 1.807) is 43.9 Å². The first kappa shape index (κ1) is 29.5. The van der Waals surface area contributed by atoms with Gasteiger partial charge < -0.3 is 10.0 Å². The number of hydrogen-bond donors (Lipinski definition) is 1. The molecule has 0 bridgehead atoms. The van der Waals surface area contributed by atoms with Crippen molar-refractivity contribution in [3.05, 3.63) is 69.7 Å². The minimum absolute atomic E-state index is 0.0578. The first-order valence-electron chi connectivity index (χ1n) is 12.6. The number of hydrogen-bond acceptors (Lipinski definition) is 4. The van der Waals surface area contributed by atoms with Crippen molar-refractivity contribution in [2.45, 2.75) is 76.6 Å². The number of nitrogens with zero attached hydrogens (tertiary/aromatic N) is 1. The van der Waals surface area contributed by atoms with Gasteiger partial charge >= 0.3 is 5.97 Å². The normalized spacial score (nSPS) is 23.3.